The van der Waals surface area contributed by atoms with Crippen LogP contribution in [0.25, 0.3) is 10.9 Å². The smallest absolute Gasteiger partial charge is 0.220 e. The molecule has 0 spiro atoms. The van der Waals surface area contributed by atoms with E-state index in [0.29, 0.717) is 6.42 Å². The number of hydrogen-bond donors (Lipinski definition) is 2. The minimum absolute atomic E-state index is 0.131. The second-order valence-corrected chi connectivity index (χ2v) is 7.29. The van der Waals surface area contributed by atoms with Crippen LogP contribution in [0.5, 0.6) is 0 Å². The summed E-state index contributed by atoms with van der Waals surface area (Å²) in [5.74, 6) is 1.19. The van der Waals surface area contributed by atoms with Crippen LogP contribution in [0.1, 0.15) is 30.0 Å². The summed E-state index contributed by atoms with van der Waals surface area (Å²) in [5, 5.41) is 4.44. The number of para-hydroxylation sites is 1. The molecule has 0 radical (unpaired) electrons. The molecule has 4 heteroatoms. The zero-order valence-corrected chi connectivity index (χ0v) is 14.2. The molecular formula is C20H20N2OS. The van der Waals surface area contributed by atoms with Gasteiger partial charge in [0.05, 0.1) is 6.04 Å². The SMILES string of the molecule is O=C(CCc1c[nH]c2ccccc12)NC1CCSc2ccccc21. The van der Waals surface area contributed by atoms with Crippen LogP contribution in [-0.2, 0) is 11.2 Å². The summed E-state index contributed by atoms with van der Waals surface area (Å²) in [6, 6.07) is 16.8. The predicted octanol–water partition coefficient (Wildman–Crippen LogP) is 4.45. The molecule has 24 heavy (non-hydrogen) atoms. The lowest BCUT2D eigenvalue weighted by atomic mass is 10.0. The Bertz CT molecular complexity index is 871. The molecule has 1 aliphatic heterocycles. The lowest BCUT2D eigenvalue weighted by Crippen LogP contribution is -2.30. The molecule has 4 rings (SSSR count). The normalized spacial score (nSPS) is 16.8. The van der Waals surface area contributed by atoms with Gasteiger partial charge < -0.3 is 10.3 Å². The van der Waals surface area contributed by atoms with Gasteiger partial charge in [-0.15, -0.1) is 11.8 Å². The first kappa shape index (κ1) is 15.3. The number of H-pyrrole nitrogens is 1. The second kappa shape index (κ2) is 6.73. The molecule has 0 saturated heterocycles. The van der Waals surface area contributed by atoms with Crippen LogP contribution < -0.4 is 5.32 Å². The summed E-state index contributed by atoms with van der Waals surface area (Å²) < 4.78 is 0. The van der Waals surface area contributed by atoms with E-state index in [9.17, 15) is 4.79 Å². The molecule has 2 aromatic carbocycles. The Morgan fingerprint density at radius 1 is 1.17 bits per heavy atom. The number of carbonyl (C=O) groups excluding carboxylic acids is 1. The molecule has 1 atom stereocenters. The number of rotatable bonds is 4. The average molecular weight is 336 g/mol. The molecule has 1 aromatic heterocycles. The molecule has 3 aromatic rings. The molecule has 0 fully saturated rings. The third kappa shape index (κ3) is 3.06. The van der Waals surface area contributed by atoms with Crippen molar-refractivity contribution >= 4 is 28.6 Å². The highest BCUT2D eigenvalue weighted by molar-refractivity contribution is 7.99. The van der Waals surface area contributed by atoms with Gasteiger partial charge in [0.25, 0.3) is 0 Å². The van der Waals surface area contributed by atoms with E-state index >= 15 is 0 Å². The van der Waals surface area contributed by atoms with Gasteiger partial charge in [0.2, 0.25) is 5.91 Å². The highest BCUT2D eigenvalue weighted by Crippen LogP contribution is 2.35. The van der Waals surface area contributed by atoms with Crippen molar-refractivity contribution in [3.63, 3.8) is 0 Å². The third-order valence-electron chi connectivity index (χ3n) is 4.59. The Kier molecular flexibility index (Phi) is 4.30. The summed E-state index contributed by atoms with van der Waals surface area (Å²) in [6.07, 6.45) is 4.30. The lowest BCUT2D eigenvalue weighted by molar-refractivity contribution is -0.121. The van der Waals surface area contributed by atoms with E-state index in [4.69, 9.17) is 0 Å². The largest absolute Gasteiger partial charge is 0.361 e. The maximum atomic E-state index is 12.4. The first-order chi connectivity index (χ1) is 11.8. The number of hydrogen-bond acceptors (Lipinski definition) is 2. The van der Waals surface area contributed by atoms with Gasteiger partial charge in [-0.25, -0.2) is 0 Å². The highest BCUT2D eigenvalue weighted by Gasteiger charge is 2.21. The lowest BCUT2D eigenvalue weighted by Gasteiger charge is -2.25. The van der Waals surface area contributed by atoms with Gasteiger partial charge in [0.1, 0.15) is 0 Å². The quantitative estimate of drug-likeness (QED) is 0.739. The van der Waals surface area contributed by atoms with Crippen molar-refractivity contribution < 1.29 is 4.79 Å². The first-order valence-electron chi connectivity index (χ1n) is 8.37. The van der Waals surface area contributed by atoms with Crippen LogP contribution in [0.2, 0.25) is 0 Å². The predicted molar refractivity (Wildman–Crippen MR) is 99.3 cm³/mol. The number of carbonyl (C=O) groups is 1. The molecule has 2 heterocycles. The Morgan fingerprint density at radius 2 is 2.00 bits per heavy atom. The van der Waals surface area contributed by atoms with Crippen LogP contribution in [0.3, 0.4) is 0 Å². The van der Waals surface area contributed by atoms with Crippen LogP contribution in [0.4, 0.5) is 0 Å². The van der Waals surface area contributed by atoms with Gasteiger partial charge in [-0.3, -0.25) is 4.79 Å². The van der Waals surface area contributed by atoms with Crippen LogP contribution >= 0.6 is 11.8 Å². The van der Waals surface area contributed by atoms with E-state index in [1.54, 1.807) is 0 Å². The second-order valence-electron chi connectivity index (χ2n) is 6.15. The van der Waals surface area contributed by atoms with Crippen molar-refractivity contribution in [3.05, 3.63) is 65.9 Å². The number of aromatic nitrogens is 1. The van der Waals surface area contributed by atoms with Crippen molar-refractivity contribution in [1.82, 2.24) is 10.3 Å². The molecule has 1 aliphatic rings. The fraction of sp³-hybridized carbons (Fsp3) is 0.250. The Hall–Kier alpha value is -2.20. The standard InChI is InChI=1S/C20H20N2OS/c23-20(10-9-14-13-21-17-7-3-1-5-15(14)17)22-18-11-12-24-19-8-4-2-6-16(18)19/h1-8,13,18,21H,9-12H2,(H,22,23). The summed E-state index contributed by atoms with van der Waals surface area (Å²) in [6.45, 7) is 0. The highest BCUT2D eigenvalue weighted by atomic mass is 32.2. The molecule has 0 bridgehead atoms. The molecule has 122 valence electrons. The van der Waals surface area contributed by atoms with Crippen molar-refractivity contribution in [2.45, 2.75) is 30.2 Å². The topological polar surface area (TPSA) is 44.9 Å². The number of aromatic amines is 1. The van der Waals surface area contributed by atoms with Gasteiger partial charge in [0, 0.05) is 34.2 Å². The summed E-state index contributed by atoms with van der Waals surface area (Å²) in [7, 11) is 0. The molecule has 0 saturated carbocycles. The maximum Gasteiger partial charge on any atom is 0.220 e. The van der Waals surface area contributed by atoms with E-state index in [0.717, 1.165) is 24.1 Å². The van der Waals surface area contributed by atoms with Gasteiger partial charge in [0.15, 0.2) is 0 Å². The van der Waals surface area contributed by atoms with E-state index in [-0.39, 0.29) is 11.9 Å². The van der Waals surface area contributed by atoms with E-state index < -0.39 is 0 Å². The van der Waals surface area contributed by atoms with E-state index in [2.05, 4.69) is 46.7 Å². The number of fused-ring (bicyclic) bond motifs is 2. The summed E-state index contributed by atoms with van der Waals surface area (Å²) in [5.41, 5.74) is 3.60. The van der Waals surface area contributed by atoms with Gasteiger partial charge in [-0.1, -0.05) is 36.4 Å². The fourth-order valence-electron chi connectivity index (χ4n) is 3.35. The molecule has 2 N–H and O–H groups in total. The summed E-state index contributed by atoms with van der Waals surface area (Å²) >= 11 is 1.88. The van der Waals surface area contributed by atoms with E-state index in [1.165, 1.54) is 21.4 Å². The molecule has 1 amide bonds. The fourth-order valence-corrected chi connectivity index (χ4v) is 4.47. The molecule has 3 nitrogen and oxygen atoms in total. The minimum atomic E-state index is 0.131. The average Bonchev–Trinajstić information content (AvgIpc) is 3.04. The van der Waals surface area contributed by atoms with Crippen molar-refractivity contribution in [3.8, 4) is 0 Å². The minimum Gasteiger partial charge on any atom is -0.361 e. The van der Waals surface area contributed by atoms with Crippen LogP contribution in [0.15, 0.2) is 59.6 Å². The number of nitrogens with one attached hydrogen (secondary N) is 2. The zero-order chi connectivity index (χ0) is 16.4. The van der Waals surface area contributed by atoms with Crippen molar-refractivity contribution in [2.24, 2.45) is 0 Å². The Morgan fingerprint density at radius 3 is 2.96 bits per heavy atom. The third-order valence-corrected chi connectivity index (χ3v) is 5.71. The van der Waals surface area contributed by atoms with Crippen molar-refractivity contribution in [1.29, 1.82) is 0 Å². The van der Waals surface area contributed by atoms with Gasteiger partial charge in [-0.2, -0.15) is 0 Å². The number of thioether (sulfide) groups is 1. The molecular weight excluding hydrogens is 316 g/mol. The van der Waals surface area contributed by atoms with Crippen LogP contribution in [-0.4, -0.2) is 16.6 Å². The molecule has 0 aliphatic carbocycles. The number of amides is 1. The maximum absolute atomic E-state index is 12.4. The zero-order valence-electron chi connectivity index (χ0n) is 13.4. The number of aryl methyl sites for hydroxylation is 1. The summed E-state index contributed by atoms with van der Waals surface area (Å²) in [4.78, 5) is 17.0. The molecule has 1 unspecified atom stereocenters. The van der Waals surface area contributed by atoms with Crippen molar-refractivity contribution in [2.75, 3.05) is 5.75 Å². The van der Waals surface area contributed by atoms with Gasteiger partial charge >= 0.3 is 0 Å². The Labute approximate surface area is 145 Å². The van der Waals surface area contributed by atoms with Crippen LogP contribution in [0, 0.1) is 0 Å². The number of benzene rings is 2. The van der Waals surface area contributed by atoms with E-state index in [1.807, 2.05) is 30.1 Å². The first-order valence-corrected chi connectivity index (χ1v) is 9.36. The monoisotopic (exact) mass is 336 g/mol. The van der Waals surface area contributed by atoms with Gasteiger partial charge in [-0.05, 0) is 36.1 Å². The Balaban J connectivity index is 1.41.